The summed E-state index contributed by atoms with van der Waals surface area (Å²) in [6, 6.07) is 8.61. The number of hydrogen-bond donors (Lipinski definition) is 1. The van der Waals surface area contributed by atoms with Gasteiger partial charge in [0.2, 0.25) is 5.89 Å². The zero-order valence-corrected chi connectivity index (χ0v) is 15.4. The monoisotopic (exact) mass is 398 g/mol. The number of rotatable bonds is 3. The van der Waals surface area contributed by atoms with Crippen molar-refractivity contribution in [2.45, 2.75) is 24.3 Å². The Kier molecular flexibility index (Phi) is 4.78. The standard InChI is InChI=1S/C16H19BrN4O.ClH/c1-21-8-7-18-10-13(21)14-19-15(22-20-14)16(5-6-16)11-3-2-4-12(17)9-11;/h2-4,9,13,18H,5-8,10H2,1H3;1H. The molecule has 0 radical (unpaired) electrons. The van der Waals surface area contributed by atoms with E-state index in [9.17, 15) is 0 Å². The van der Waals surface area contributed by atoms with Crippen LogP contribution in [0.3, 0.4) is 0 Å². The topological polar surface area (TPSA) is 54.2 Å². The molecule has 1 aliphatic heterocycles. The summed E-state index contributed by atoms with van der Waals surface area (Å²) in [7, 11) is 2.11. The molecule has 1 aromatic carbocycles. The maximum Gasteiger partial charge on any atom is 0.237 e. The maximum absolute atomic E-state index is 5.66. The SMILES string of the molecule is CN1CCNCC1c1noc(C2(c3cccc(Br)c3)CC2)n1.Cl. The lowest BCUT2D eigenvalue weighted by molar-refractivity contribution is 0.190. The van der Waals surface area contributed by atoms with Crippen molar-refractivity contribution in [3.63, 3.8) is 0 Å². The van der Waals surface area contributed by atoms with E-state index in [0.29, 0.717) is 0 Å². The van der Waals surface area contributed by atoms with E-state index in [2.05, 4.69) is 56.6 Å². The first-order chi connectivity index (χ1) is 10.7. The first kappa shape index (κ1) is 16.9. The van der Waals surface area contributed by atoms with Gasteiger partial charge in [0.1, 0.15) is 0 Å². The van der Waals surface area contributed by atoms with Crippen molar-refractivity contribution in [2.24, 2.45) is 0 Å². The highest BCUT2D eigenvalue weighted by atomic mass is 79.9. The van der Waals surface area contributed by atoms with Gasteiger partial charge in [-0.15, -0.1) is 12.4 Å². The number of aromatic nitrogens is 2. The smallest absolute Gasteiger partial charge is 0.237 e. The molecule has 1 atom stereocenters. The molecule has 2 heterocycles. The number of likely N-dealkylation sites (N-methyl/N-ethyl adjacent to an activating group) is 1. The van der Waals surface area contributed by atoms with Gasteiger partial charge in [0.15, 0.2) is 5.82 Å². The Bertz CT molecular complexity index is 688. The van der Waals surface area contributed by atoms with Crippen LogP contribution in [0.5, 0.6) is 0 Å². The number of hydrogen-bond acceptors (Lipinski definition) is 5. The van der Waals surface area contributed by atoms with Crippen molar-refractivity contribution in [1.82, 2.24) is 20.4 Å². The van der Waals surface area contributed by atoms with Gasteiger partial charge in [-0.3, -0.25) is 4.90 Å². The molecule has 4 rings (SSSR count). The number of nitrogens with one attached hydrogen (secondary N) is 1. The normalized spacial score (nSPS) is 23.3. The second kappa shape index (κ2) is 6.51. The van der Waals surface area contributed by atoms with E-state index in [4.69, 9.17) is 9.51 Å². The van der Waals surface area contributed by atoms with Gasteiger partial charge in [0.05, 0.1) is 11.5 Å². The van der Waals surface area contributed by atoms with Crippen molar-refractivity contribution >= 4 is 28.3 Å². The third kappa shape index (κ3) is 3.05. The van der Waals surface area contributed by atoms with Gasteiger partial charge in [-0.1, -0.05) is 33.2 Å². The fraction of sp³-hybridized carbons (Fsp3) is 0.500. The summed E-state index contributed by atoms with van der Waals surface area (Å²) in [6.07, 6.45) is 2.15. The molecule has 0 bridgehead atoms. The molecule has 124 valence electrons. The lowest BCUT2D eigenvalue weighted by Crippen LogP contribution is -2.44. The minimum atomic E-state index is -0.0737. The average Bonchev–Trinajstić information content (AvgIpc) is 3.19. The molecule has 1 aliphatic carbocycles. The van der Waals surface area contributed by atoms with Crippen LogP contribution in [-0.2, 0) is 5.41 Å². The fourth-order valence-electron chi connectivity index (χ4n) is 3.20. The quantitative estimate of drug-likeness (QED) is 0.860. The largest absolute Gasteiger partial charge is 0.338 e. The molecule has 7 heteroatoms. The minimum Gasteiger partial charge on any atom is -0.338 e. The van der Waals surface area contributed by atoms with Crippen LogP contribution < -0.4 is 5.32 Å². The minimum absolute atomic E-state index is 0. The lowest BCUT2D eigenvalue weighted by Gasteiger charge is -2.30. The number of nitrogens with zero attached hydrogens (tertiary/aromatic N) is 3. The number of piperazine rings is 1. The van der Waals surface area contributed by atoms with E-state index in [-0.39, 0.29) is 23.9 Å². The Balaban J connectivity index is 0.00000156. The molecule has 5 nitrogen and oxygen atoms in total. The van der Waals surface area contributed by atoms with Crippen LogP contribution in [0.15, 0.2) is 33.3 Å². The van der Waals surface area contributed by atoms with Crippen molar-refractivity contribution in [3.05, 3.63) is 46.0 Å². The second-order valence-electron chi connectivity index (χ2n) is 6.25. The zero-order chi connectivity index (χ0) is 15.2. The molecule has 1 N–H and O–H groups in total. The highest BCUT2D eigenvalue weighted by Gasteiger charge is 2.51. The van der Waals surface area contributed by atoms with Gasteiger partial charge in [-0.2, -0.15) is 4.98 Å². The number of benzene rings is 1. The highest BCUT2D eigenvalue weighted by Crippen LogP contribution is 2.53. The Hall–Kier alpha value is -0.950. The summed E-state index contributed by atoms with van der Waals surface area (Å²) in [4.78, 5) is 7.03. The van der Waals surface area contributed by atoms with Crippen LogP contribution in [-0.4, -0.2) is 41.7 Å². The van der Waals surface area contributed by atoms with Crippen LogP contribution in [0.2, 0.25) is 0 Å². The van der Waals surface area contributed by atoms with Crippen molar-refractivity contribution < 1.29 is 4.52 Å². The summed E-state index contributed by atoms with van der Waals surface area (Å²) in [6.45, 7) is 2.89. The maximum atomic E-state index is 5.66. The first-order valence-electron chi connectivity index (χ1n) is 7.70. The van der Waals surface area contributed by atoms with E-state index in [1.807, 2.05) is 6.07 Å². The van der Waals surface area contributed by atoms with Gasteiger partial charge in [0.25, 0.3) is 0 Å². The summed E-state index contributed by atoms with van der Waals surface area (Å²) >= 11 is 3.55. The van der Waals surface area contributed by atoms with E-state index in [1.54, 1.807) is 0 Å². The molecule has 2 fully saturated rings. The summed E-state index contributed by atoms with van der Waals surface area (Å²) in [5, 5.41) is 7.66. The first-order valence-corrected chi connectivity index (χ1v) is 8.49. The van der Waals surface area contributed by atoms with E-state index in [1.165, 1.54) is 5.56 Å². The Morgan fingerprint density at radius 2 is 2.22 bits per heavy atom. The molecule has 2 aliphatic rings. The van der Waals surface area contributed by atoms with Crippen molar-refractivity contribution in [3.8, 4) is 0 Å². The molecule has 1 saturated heterocycles. The van der Waals surface area contributed by atoms with Crippen LogP contribution >= 0.6 is 28.3 Å². The molecule has 2 aromatic rings. The van der Waals surface area contributed by atoms with E-state index < -0.39 is 0 Å². The molecular weight excluding hydrogens is 380 g/mol. The van der Waals surface area contributed by atoms with Crippen LogP contribution in [0.1, 0.15) is 36.2 Å². The van der Waals surface area contributed by atoms with Gasteiger partial charge in [-0.25, -0.2) is 0 Å². The van der Waals surface area contributed by atoms with Gasteiger partial charge in [0, 0.05) is 24.1 Å². The highest BCUT2D eigenvalue weighted by molar-refractivity contribution is 9.10. The van der Waals surface area contributed by atoms with Crippen molar-refractivity contribution in [2.75, 3.05) is 26.7 Å². The molecule has 0 amide bonds. The molecular formula is C16H20BrClN4O. The summed E-state index contributed by atoms with van der Waals surface area (Å²) in [5.41, 5.74) is 1.18. The van der Waals surface area contributed by atoms with E-state index >= 15 is 0 Å². The van der Waals surface area contributed by atoms with Crippen LogP contribution in [0, 0.1) is 0 Å². The zero-order valence-electron chi connectivity index (χ0n) is 13.0. The fourth-order valence-corrected chi connectivity index (χ4v) is 3.60. The molecule has 23 heavy (non-hydrogen) atoms. The van der Waals surface area contributed by atoms with Gasteiger partial charge >= 0.3 is 0 Å². The Morgan fingerprint density at radius 1 is 1.39 bits per heavy atom. The second-order valence-corrected chi connectivity index (χ2v) is 7.17. The van der Waals surface area contributed by atoms with Crippen molar-refractivity contribution in [1.29, 1.82) is 0 Å². The Labute approximate surface area is 150 Å². The predicted molar refractivity (Wildman–Crippen MR) is 93.9 cm³/mol. The predicted octanol–water partition coefficient (Wildman–Crippen LogP) is 2.91. The van der Waals surface area contributed by atoms with Gasteiger partial charge in [-0.05, 0) is 37.6 Å². The Morgan fingerprint density at radius 3 is 2.91 bits per heavy atom. The number of halogens is 2. The molecule has 0 spiro atoms. The van der Waals surface area contributed by atoms with Gasteiger partial charge < -0.3 is 9.84 Å². The van der Waals surface area contributed by atoms with Crippen LogP contribution in [0.25, 0.3) is 0 Å². The van der Waals surface area contributed by atoms with E-state index in [0.717, 1.165) is 48.7 Å². The summed E-state index contributed by atoms with van der Waals surface area (Å²) < 4.78 is 6.75. The van der Waals surface area contributed by atoms with Crippen LogP contribution in [0.4, 0.5) is 0 Å². The lowest BCUT2D eigenvalue weighted by atomic mass is 9.96. The molecule has 1 aromatic heterocycles. The summed E-state index contributed by atoms with van der Waals surface area (Å²) in [5.74, 6) is 1.56. The molecule has 1 saturated carbocycles. The third-order valence-electron chi connectivity index (χ3n) is 4.79. The third-order valence-corrected chi connectivity index (χ3v) is 5.28. The molecule has 1 unspecified atom stereocenters. The average molecular weight is 400 g/mol.